The van der Waals surface area contributed by atoms with Crippen molar-refractivity contribution in [2.75, 3.05) is 5.32 Å². The molecule has 38 heavy (non-hydrogen) atoms. The number of primary amides is 1. The quantitative estimate of drug-likeness (QED) is 0.253. The SMILES string of the molecule is NC(=O)c1cc2ccccc2c(-c2nc3c(C(=O)Nc4ncc[nH]4)cc(OCc4ccccc4)cc3[nH]2)n1. The van der Waals surface area contributed by atoms with Crippen molar-refractivity contribution >= 4 is 39.6 Å². The Balaban J connectivity index is 1.48. The van der Waals surface area contributed by atoms with Crippen LogP contribution in [0.3, 0.4) is 0 Å². The van der Waals surface area contributed by atoms with Gasteiger partial charge in [-0.3, -0.25) is 14.9 Å². The van der Waals surface area contributed by atoms with Gasteiger partial charge in [0.05, 0.1) is 11.1 Å². The zero-order chi connectivity index (χ0) is 26.1. The van der Waals surface area contributed by atoms with Crippen LogP contribution < -0.4 is 15.8 Å². The maximum absolute atomic E-state index is 13.3. The first-order valence-corrected chi connectivity index (χ1v) is 11.8. The van der Waals surface area contributed by atoms with Crippen LogP contribution in [-0.2, 0) is 6.61 Å². The number of imidazole rings is 2. The minimum absolute atomic E-state index is 0.113. The monoisotopic (exact) mass is 503 g/mol. The van der Waals surface area contributed by atoms with E-state index in [0.29, 0.717) is 40.9 Å². The topological polar surface area (TPSA) is 152 Å². The third kappa shape index (κ3) is 4.42. The first-order chi connectivity index (χ1) is 18.5. The van der Waals surface area contributed by atoms with Crippen LogP contribution in [0.2, 0.25) is 0 Å². The molecule has 10 heteroatoms. The molecule has 0 radical (unpaired) electrons. The lowest BCUT2D eigenvalue weighted by Gasteiger charge is -2.09. The van der Waals surface area contributed by atoms with Gasteiger partial charge in [0, 0.05) is 23.8 Å². The summed E-state index contributed by atoms with van der Waals surface area (Å²) in [5.74, 6) is 0.0906. The van der Waals surface area contributed by atoms with Crippen LogP contribution in [0.5, 0.6) is 5.75 Å². The first kappa shape index (κ1) is 22.9. The van der Waals surface area contributed by atoms with Crippen LogP contribution in [0.25, 0.3) is 33.3 Å². The van der Waals surface area contributed by atoms with Gasteiger partial charge in [0.2, 0.25) is 5.95 Å². The summed E-state index contributed by atoms with van der Waals surface area (Å²) in [5, 5.41) is 4.31. The van der Waals surface area contributed by atoms with E-state index < -0.39 is 11.8 Å². The number of benzene rings is 3. The Morgan fingerprint density at radius 3 is 2.58 bits per heavy atom. The summed E-state index contributed by atoms with van der Waals surface area (Å²) in [5.41, 5.74) is 8.33. The summed E-state index contributed by atoms with van der Waals surface area (Å²) in [6.07, 6.45) is 3.15. The van der Waals surface area contributed by atoms with Crippen LogP contribution in [-0.4, -0.2) is 36.7 Å². The number of carbonyl (C=O) groups excluding carboxylic acids is 2. The van der Waals surface area contributed by atoms with E-state index in [0.717, 1.165) is 16.3 Å². The molecule has 0 spiro atoms. The standard InChI is InChI=1S/C28H21N7O3/c29-25(36)22-12-17-8-4-5-9-19(17)24(32-22)26-33-21-14-18(38-15-16-6-2-1-3-7-16)13-20(23(21)34-26)27(37)35-28-30-10-11-31-28/h1-14H,15H2,(H2,29,36)(H,33,34)(H2,30,31,35,37). The summed E-state index contributed by atoms with van der Waals surface area (Å²) in [6.45, 7) is 0.319. The highest BCUT2D eigenvalue weighted by Gasteiger charge is 2.20. The number of nitrogens with one attached hydrogen (secondary N) is 3. The van der Waals surface area contributed by atoms with Crippen LogP contribution in [0.4, 0.5) is 5.95 Å². The van der Waals surface area contributed by atoms with Crippen molar-refractivity contribution in [2.24, 2.45) is 5.73 Å². The van der Waals surface area contributed by atoms with Gasteiger partial charge in [-0.2, -0.15) is 0 Å². The van der Waals surface area contributed by atoms with Crippen molar-refractivity contribution in [1.29, 1.82) is 0 Å². The highest BCUT2D eigenvalue weighted by Crippen LogP contribution is 2.31. The Labute approximate surface area is 215 Å². The van der Waals surface area contributed by atoms with Gasteiger partial charge in [0.15, 0.2) is 5.82 Å². The number of fused-ring (bicyclic) bond motifs is 2. The van der Waals surface area contributed by atoms with E-state index in [1.165, 1.54) is 0 Å². The molecule has 186 valence electrons. The number of anilines is 1. The van der Waals surface area contributed by atoms with E-state index >= 15 is 0 Å². The number of aromatic nitrogens is 5. The van der Waals surface area contributed by atoms with Gasteiger partial charge in [-0.1, -0.05) is 54.6 Å². The van der Waals surface area contributed by atoms with E-state index in [1.54, 1.807) is 30.6 Å². The summed E-state index contributed by atoms with van der Waals surface area (Å²) in [6, 6.07) is 22.3. The highest BCUT2D eigenvalue weighted by molar-refractivity contribution is 6.12. The van der Waals surface area contributed by atoms with Gasteiger partial charge in [-0.05, 0) is 23.1 Å². The molecular weight excluding hydrogens is 482 g/mol. The molecule has 0 saturated heterocycles. The molecule has 3 heterocycles. The molecule has 0 unspecified atom stereocenters. The molecule has 3 aromatic carbocycles. The van der Waals surface area contributed by atoms with E-state index in [2.05, 4.69) is 25.3 Å². The molecule has 6 aromatic rings. The number of nitrogens with zero attached hydrogens (tertiary/aromatic N) is 3. The van der Waals surface area contributed by atoms with Crippen LogP contribution in [0.1, 0.15) is 26.4 Å². The molecule has 2 amide bonds. The van der Waals surface area contributed by atoms with E-state index in [-0.39, 0.29) is 11.3 Å². The zero-order valence-corrected chi connectivity index (χ0v) is 19.9. The van der Waals surface area contributed by atoms with Crippen LogP contribution >= 0.6 is 0 Å². The number of aromatic amines is 2. The molecular formula is C28H21N7O3. The second-order valence-corrected chi connectivity index (χ2v) is 8.56. The van der Waals surface area contributed by atoms with E-state index in [4.69, 9.17) is 15.5 Å². The molecule has 0 aliphatic rings. The third-order valence-electron chi connectivity index (χ3n) is 6.00. The average Bonchev–Trinajstić information content (AvgIpc) is 3.61. The first-order valence-electron chi connectivity index (χ1n) is 11.8. The summed E-state index contributed by atoms with van der Waals surface area (Å²) < 4.78 is 6.03. The number of ether oxygens (including phenoxy) is 1. The number of amides is 2. The summed E-state index contributed by atoms with van der Waals surface area (Å²) in [4.78, 5) is 44.7. The van der Waals surface area contributed by atoms with Crippen molar-refractivity contribution < 1.29 is 14.3 Å². The summed E-state index contributed by atoms with van der Waals surface area (Å²) >= 11 is 0. The smallest absolute Gasteiger partial charge is 0.267 e. The van der Waals surface area contributed by atoms with Crippen molar-refractivity contribution in [3.63, 3.8) is 0 Å². The minimum atomic E-state index is -0.650. The van der Waals surface area contributed by atoms with Gasteiger partial charge in [0.1, 0.15) is 29.3 Å². The van der Waals surface area contributed by atoms with Gasteiger partial charge < -0.3 is 20.4 Å². The lowest BCUT2D eigenvalue weighted by Crippen LogP contribution is -2.14. The number of rotatable bonds is 7. The Kier molecular flexibility index (Phi) is 5.74. The predicted octanol–water partition coefficient (Wildman–Crippen LogP) is 4.43. The average molecular weight is 504 g/mol. The van der Waals surface area contributed by atoms with Crippen LogP contribution in [0, 0.1) is 0 Å². The number of nitrogens with two attached hydrogens (primary N) is 1. The minimum Gasteiger partial charge on any atom is -0.489 e. The molecule has 0 aliphatic heterocycles. The number of pyridine rings is 1. The molecule has 0 saturated carbocycles. The van der Waals surface area contributed by atoms with E-state index in [9.17, 15) is 9.59 Å². The number of carbonyl (C=O) groups is 2. The van der Waals surface area contributed by atoms with Gasteiger partial charge in [-0.15, -0.1) is 0 Å². The fourth-order valence-electron chi connectivity index (χ4n) is 4.21. The molecule has 0 atom stereocenters. The highest BCUT2D eigenvalue weighted by atomic mass is 16.5. The molecule has 10 nitrogen and oxygen atoms in total. The zero-order valence-electron chi connectivity index (χ0n) is 19.9. The fraction of sp³-hybridized carbons (Fsp3) is 0.0357. The fourth-order valence-corrected chi connectivity index (χ4v) is 4.21. The molecule has 0 bridgehead atoms. The maximum atomic E-state index is 13.3. The van der Waals surface area contributed by atoms with Gasteiger partial charge >= 0.3 is 0 Å². The molecule has 0 aliphatic carbocycles. The second kappa shape index (κ2) is 9.51. The van der Waals surface area contributed by atoms with Gasteiger partial charge in [0.25, 0.3) is 11.8 Å². The summed E-state index contributed by atoms with van der Waals surface area (Å²) in [7, 11) is 0. The van der Waals surface area contributed by atoms with Crippen molar-refractivity contribution in [2.45, 2.75) is 6.61 Å². The molecule has 5 N–H and O–H groups in total. The Morgan fingerprint density at radius 1 is 0.974 bits per heavy atom. The van der Waals surface area contributed by atoms with Crippen molar-refractivity contribution in [3.8, 4) is 17.3 Å². The second-order valence-electron chi connectivity index (χ2n) is 8.56. The lowest BCUT2D eigenvalue weighted by atomic mass is 10.1. The Morgan fingerprint density at radius 2 is 1.79 bits per heavy atom. The number of H-pyrrole nitrogens is 2. The Bertz CT molecular complexity index is 1790. The number of hydrogen-bond donors (Lipinski definition) is 4. The molecule has 0 fully saturated rings. The van der Waals surface area contributed by atoms with Crippen molar-refractivity contribution in [3.05, 3.63) is 102 Å². The van der Waals surface area contributed by atoms with Crippen LogP contribution in [0.15, 0.2) is 85.2 Å². The lowest BCUT2D eigenvalue weighted by molar-refractivity contribution is 0.0993. The Hall–Kier alpha value is -5.51. The van der Waals surface area contributed by atoms with E-state index in [1.807, 2.05) is 54.6 Å². The molecule has 6 rings (SSSR count). The third-order valence-corrected chi connectivity index (χ3v) is 6.00. The van der Waals surface area contributed by atoms with Gasteiger partial charge in [-0.25, -0.2) is 15.0 Å². The van der Waals surface area contributed by atoms with Crippen molar-refractivity contribution in [1.82, 2.24) is 24.9 Å². The number of hydrogen-bond acceptors (Lipinski definition) is 6. The normalized spacial score (nSPS) is 11.1. The largest absolute Gasteiger partial charge is 0.489 e. The maximum Gasteiger partial charge on any atom is 0.267 e. The molecule has 3 aromatic heterocycles. The predicted molar refractivity (Wildman–Crippen MR) is 143 cm³/mol.